The SMILES string of the molecule is CCC[NH+]1CCN(C(=O)[C@H](NC(=O)c2ccc(F)cc2)C(C)C)CC1. The smallest absolute Gasteiger partial charge is 0.251 e. The summed E-state index contributed by atoms with van der Waals surface area (Å²) in [5.41, 5.74) is 0.358. The first-order valence-corrected chi connectivity index (χ1v) is 9.11. The van der Waals surface area contributed by atoms with Crippen molar-refractivity contribution in [2.45, 2.75) is 33.2 Å². The van der Waals surface area contributed by atoms with Gasteiger partial charge in [-0.25, -0.2) is 4.39 Å². The predicted octanol–water partition coefficient (Wildman–Crippen LogP) is 0.717. The lowest BCUT2D eigenvalue weighted by atomic mass is 10.0. The highest BCUT2D eigenvalue weighted by atomic mass is 19.1. The van der Waals surface area contributed by atoms with Gasteiger partial charge >= 0.3 is 0 Å². The van der Waals surface area contributed by atoms with E-state index in [0.29, 0.717) is 5.56 Å². The lowest BCUT2D eigenvalue weighted by Gasteiger charge is -2.35. The number of carbonyl (C=O) groups is 2. The van der Waals surface area contributed by atoms with Crippen molar-refractivity contribution < 1.29 is 18.9 Å². The Morgan fingerprint density at radius 1 is 1.20 bits per heavy atom. The van der Waals surface area contributed by atoms with Crippen LogP contribution >= 0.6 is 0 Å². The van der Waals surface area contributed by atoms with E-state index in [1.165, 1.54) is 29.2 Å². The number of nitrogens with one attached hydrogen (secondary N) is 2. The summed E-state index contributed by atoms with van der Waals surface area (Å²) in [4.78, 5) is 28.6. The van der Waals surface area contributed by atoms with Crippen LogP contribution in [-0.2, 0) is 4.79 Å². The van der Waals surface area contributed by atoms with E-state index in [1.54, 1.807) is 0 Å². The fourth-order valence-electron chi connectivity index (χ4n) is 3.18. The van der Waals surface area contributed by atoms with Crippen molar-refractivity contribution in [3.63, 3.8) is 0 Å². The van der Waals surface area contributed by atoms with Crippen LogP contribution in [0.4, 0.5) is 4.39 Å². The molecule has 1 atom stereocenters. The van der Waals surface area contributed by atoms with E-state index in [2.05, 4.69) is 12.2 Å². The maximum atomic E-state index is 13.0. The van der Waals surface area contributed by atoms with Gasteiger partial charge < -0.3 is 15.1 Å². The second kappa shape index (κ2) is 8.94. The van der Waals surface area contributed by atoms with Crippen LogP contribution in [0, 0.1) is 11.7 Å². The number of nitrogens with zero attached hydrogens (tertiary/aromatic N) is 1. The average Bonchev–Trinajstić information content (AvgIpc) is 2.60. The first-order valence-electron chi connectivity index (χ1n) is 9.11. The molecule has 25 heavy (non-hydrogen) atoms. The summed E-state index contributed by atoms with van der Waals surface area (Å²) in [6.07, 6.45) is 1.14. The molecule has 1 saturated heterocycles. The molecule has 0 saturated carbocycles. The van der Waals surface area contributed by atoms with Crippen LogP contribution in [0.15, 0.2) is 24.3 Å². The third-order valence-electron chi connectivity index (χ3n) is 4.71. The van der Waals surface area contributed by atoms with Gasteiger partial charge in [0.05, 0.1) is 32.7 Å². The van der Waals surface area contributed by atoms with Crippen molar-refractivity contribution in [2.24, 2.45) is 5.92 Å². The molecule has 1 aromatic rings. The van der Waals surface area contributed by atoms with Gasteiger partial charge in [0, 0.05) is 5.56 Å². The number of benzene rings is 1. The largest absolute Gasteiger partial charge is 0.340 e. The summed E-state index contributed by atoms with van der Waals surface area (Å²) in [5, 5.41) is 2.83. The molecular weight excluding hydrogens is 321 g/mol. The van der Waals surface area contributed by atoms with Gasteiger partial charge in [0.15, 0.2) is 0 Å². The molecule has 1 fully saturated rings. The Bertz CT molecular complexity index is 581. The summed E-state index contributed by atoms with van der Waals surface area (Å²) >= 11 is 0. The third-order valence-corrected chi connectivity index (χ3v) is 4.71. The van der Waals surface area contributed by atoms with Gasteiger partial charge in [-0.3, -0.25) is 9.59 Å². The first-order chi connectivity index (χ1) is 11.9. The fourth-order valence-corrected chi connectivity index (χ4v) is 3.18. The van der Waals surface area contributed by atoms with Crippen LogP contribution in [-0.4, -0.2) is 55.5 Å². The number of hydrogen-bond acceptors (Lipinski definition) is 2. The van der Waals surface area contributed by atoms with E-state index < -0.39 is 6.04 Å². The number of amides is 2. The van der Waals surface area contributed by atoms with Crippen molar-refractivity contribution in [3.05, 3.63) is 35.6 Å². The molecule has 138 valence electrons. The molecule has 2 amide bonds. The van der Waals surface area contributed by atoms with E-state index in [-0.39, 0.29) is 23.5 Å². The van der Waals surface area contributed by atoms with E-state index in [4.69, 9.17) is 0 Å². The summed E-state index contributed by atoms with van der Waals surface area (Å²) in [6, 6.07) is 4.79. The zero-order chi connectivity index (χ0) is 18.4. The summed E-state index contributed by atoms with van der Waals surface area (Å²) in [5.74, 6) is -0.776. The lowest BCUT2D eigenvalue weighted by Crippen LogP contribution is -3.14. The number of piperazine rings is 1. The molecule has 1 aliphatic rings. The van der Waals surface area contributed by atoms with E-state index in [0.717, 1.165) is 39.1 Å². The van der Waals surface area contributed by atoms with Crippen LogP contribution in [0.25, 0.3) is 0 Å². The number of rotatable bonds is 6. The van der Waals surface area contributed by atoms with Gasteiger partial charge in [0.2, 0.25) is 5.91 Å². The molecule has 2 N–H and O–H groups in total. The Kier molecular flexibility index (Phi) is 6.93. The number of halogens is 1. The maximum absolute atomic E-state index is 13.0. The third kappa shape index (κ3) is 5.26. The molecule has 0 bridgehead atoms. The minimum absolute atomic E-state index is 0.0158. The topological polar surface area (TPSA) is 53.9 Å². The summed E-state index contributed by atoms with van der Waals surface area (Å²) in [6.45, 7) is 10.5. The standard InChI is InChI=1S/C19H28FN3O2/c1-4-9-22-10-12-23(13-11-22)19(25)17(14(2)3)21-18(24)15-5-7-16(20)8-6-15/h5-8,14,17H,4,9-13H2,1-3H3,(H,21,24)/p+1/t17-/m1/s1. The minimum atomic E-state index is -0.565. The Labute approximate surface area is 149 Å². The van der Waals surface area contributed by atoms with Crippen LogP contribution in [0.3, 0.4) is 0 Å². The fraction of sp³-hybridized carbons (Fsp3) is 0.579. The monoisotopic (exact) mass is 350 g/mol. The molecule has 1 aliphatic heterocycles. The molecule has 0 radical (unpaired) electrons. The highest BCUT2D eigenvalue weighted by Crippen LogP contribution is 2.09. The van der Waals surface area contributed by atoms with E-state index in [1.807, 2.05) is 18.7 Å². The van der Waals surface area contributed by atoms with Crippen molar-refractivity contribution in [3.8, 4) is 0 Å². The van der Waals surface area contributed by atoms with Crippen LogP contribution in [0.5, 0.6) is 0 Å². The second-order valence-electron chi connectivity index (χ2n) is 7.03. The summed E-state index contributed by atoms with van der Waals surface area (Å²) < 4.78 is 13.0. The molecule has 6 heteroatoms. The van der Waals surface area contributed by atoms with Crippen LogP contribution in [0.1, 0.15) is 37.6 Å². The second-order valence-corrected chi connectivity index (χ2v) is 7.03. The van der Waals surface area contributed by atoms with Crippen molar-refractivity contribution in [2.75, 3.05) is 32.7 Å². The van der Waals surface area contributed by atoms with Crippen molar-refractivity contribution in [1.29, 1.82) is 0 Å². The molecule has 5 nitrogen and oxygen atoms in total. The zero-order valence-electron chi connectivity index (χ0n) is 15.3. The first kappa shape index (κ1) is 19.4. The van der Waals surface area contributed by atoms with Gasteiger partial charge in [-0.15, -0.1) is 0 Å². The Hall–Kier alpha value is -1.95. The number of carbonyl (C=O) groups excluding carboxylic acids is 2. The molecule has 0 aliphatic carbocycles. The van der Waals surface area contributed by atoms with Gasteiger partial charge in [0.1, 0.15) is 11.9 Å². The van der Waals surface area contributed by atoms with E-state index >= 15 is 0 Å². The molecule has 0 aromatic heterocycles. The number of hydrogen-bond donors (Lipinski definition) is 2. The van der Waals surface area contributed by atoms with E-state index in [9.17, 15) is 14.0 Å². The quantitative estimate of drug-likeness (QED) is 0.794. The molecule has 0 unspecified atom stereocenters. The molecular formula is C19H29FN3O2+. The van der Waals surface area contributed by atoms with Gasteiger partial charge in [0.25, 0.3) is 5.91 Å². The highest BCUT2D eigenvalue weighted by Gasteiger charge is 2.31. The maximum Gasteiger partial charge on any atom is 0.251 e. The van der Waals surface area contributed by atoms with Crippen LogP contribution in [0.2, 0.25) is 0 Å². The van der Waals surface area contributed by atoms with Crippen LogP contribution < -0.4 is 10.2 Å². The molecule has 1 aromatic carbocycles. The van der Waals surface area contributed by atoms with Gasteiger partial charge in [-0.2, -0.15) is 0 Å². The zero-order valence-corrected chi connectivity index (χ0v) is 15.3. The number of quaternary nitrogens is 1. The lowest BCUT2D eigenvalue weighted by molar-refractivity contribution is -0.904. The highest BCUT2D eigenvalue weighted by molar-refractivity contribution is 5.97. The van der Waals surface area contributed by atoms with Crippen molar-refractivity contribution >= 4 is 11.8 Å². The van der Waals surface area contributed by atoms with Crippen molar-refractivity contribution in [1.82, 2.24) is 10.2 Å². The Morgan fingerprint density at radius 2 is 1.80 bits per heavy atom. The minimum Gasteiger partial charge on any atom is -0.340 e. The summed E-state index contributed by atoms with van der Waals surface area (Å²) in [7, 11) is 0. The molecule has 0 spiro atoms. The predicted molar refractivity (Wildman–Crippen MR) is 94.9 cm³/mol. The molecule has 2 rings (SSSR count). The van der Waals surface area contributed by atoms with Gasteiger partial charge in [-0.05, 0) is 36.6 Å². The molecule has 1 heterocycles. The Morgan fingerprint density at radius 3 is 2.32 bits per heavy atom. The Balaban J connectivity index is 1.99. The van der Waals surface area contributed by atoms with Gasteiger partial charge in [-0.1, -0.05) is 20.8 Å². The average molecular weight is 350 g/mol. The normalized spacial score (nSPS) is 16.8.